The van der Waals surface area contributed by atoms with Crippen LogP contribution in [0, 0.1) is 17.8 Å². The Hall–Kier alpha value is -3.35. The number of ether oxygens (including phenoxy) is 4. The molecule has 288 valence electrons. The number of rotatable bonds is 5. The first kappa shape index (κ1) is 44.7. The quantitative estimate of drug-likeness (QED) is 0.151. The molecular formula is C37H65N3O10. The molecule has 0 aromatic heterocycles. The highest BCUT2D eigenvalue weighted by molar-refractivity contribution is 5.82. The molecule has 0 aliphatic carbocycles. The lowest BCUT2D eigenvalue weighted by molar-refractivity contribution is -0.137. The van der Waals surface area contributed by atoms with Crippen molar-refractivity contribution in [1.82, 2.24) is 14.7 Å². The molecule has 50 heavy (non-hydrogen) atoms. The number of nitrogens with zero attached hydrogens (tertiary/aromatic N) is 3. The van der Waals surface area contributed by atoms with Crippen LogP contribution in [0.2, 0.25) is 0 Å². The molecule has 13 heteroatoms. The fraction of sp³-hybridized carbons (Fsp3) is 0.811. The summed E-state index contributed by atoms with van der Waals surface area (Å²) in [5, 5.41) is 9.20. The normalized spacial score (nSPS) is 25.3. The average molecular weight is 712 g/mol. The van der Waals surface area contributed by atoms with Crippen LogP contribution in [-0.2, 0) is 28.5 Å². The van der Waals surface area contributed by atoms with Gasteiger partial charge in [0.15, 0.2) is 0 Å². The number of aliphatic hydroxyl groups is 1. The smallest absolute Gasteiger partial charge is 0.410 e. The van der Waals surface area contributed by atoms with Crippen LogP contribution in [0.25, 0.3) is 0 Å². The largest absolute Gasteiger partial charge is 0.463 e. The molecule has 13 nitrogen and oxygen atoms in total. The van der Waals surface area contributed by atoms with Crippen LogP contribution in [0.4, 0.5) is 14.4 Å². The van der Waals surface area contributed by atoms with Crippen LogP contribution < -0.4 is 0 Å². The van der Waals surface area contributed by atoms with Crippen molar-refractivity contribution in [3.8, 4) is 0 Å². The van der Waals surface area contributed by atoms with Crippen molar-refractivity contribution in [1.29, 1.82) is 0 Å². The van der Waals surface area contributed by atoms with Crippen LogP contribution in [-0.4, -0.2) is 118 Å². The lowest BCUT2D eigenvalue weighted by Gasteiger charge is -2.28. The van der Waals surface area contributed by atoms with E-state index in [9.17, 15) is 29.1 Å². The molecular weight excluding hydrogens is 646 g/mol. The fourth-order valence-corrected chi connectivity index (χ4v) is 5.71. The van der Waals surface area contributed by atoms with Crippen LogP contribution in [0.5, 0.6) is 0 Å². The molecule has 6 atom stereocenters. The molecule has 0 aromatic carbocycles. The van der Waals surface area contributed by atoms with Gasteiger partial charge in [0.05, 0.1) is 31.3 Å². The Labute approximate surface area is 300 Å². The lowest BCUT2D eigenvalue weighted by Crippen LogP contribution is -2.42. The second kappa shape index (κ2) is 19.3. The van der Waals surface area contributed by atoms with Crippen molar-refractivity contribution in [2.75, 3.05) is 32.8 Å². The standard InChI is InChI=1S/C15H25NO4.C11H21NO3.C11H19NO3/c1-6-19-13(17)8-7-12-11(2)9-10-16(12)14(18)20-15(3,4)5;2*1-8-5-6-12(9(8)7-13)10(14)15-11(2,3)4/h7-8,11-12H,6,9-10H2,1-5H3;8-9,13H,5-7H2,1-4H3;7-9H,5-6H2,1-4H3/b8-7+;;/t11-,12+;2*8-,9+/m000/s1. The summed E-state index contributed by atoms with van der Waals surface area (Å²) in [4.78, 5) is 62.7. The monoisotopic (exact) mass is 711 g/mol. The summed E-state index contributed by atoms with van der Waals surface area (Å²) < 4.78 is 20.8. The molecule has 3 amide bonds. The minimum atomic E-state index is -0.516. The minimum absolute atomic E-state index is 0.0143. The molecule has 3 aliphatic heterocycles. The van der Waals surface area contributed by atoms with Gasteiger partial charge in [0.1, 0.15) is 23.1 Å². The van der Waals surface area contributed by atoms with Gasteiger partial charge in [-0.25, -0.2) is 19.2 Å². The van der Waals surface area contributed by atoms with Gasteiger partial charge in [-0.15, -0.1) is 0 Å². The van der Waals surface area contributed by atoms with Gasteiger partial charge >= 0.3 is 24.2 Å². The lowest BCUT2D eigenvalue weighted by atomic mass is 10.0. The average Bonchev–Trinajstić information content (AvgIpc) is 3.65. The zero-order valence-corrected chi connectivity index (χ0v) is 32.8. The number of aliphatic hydroxyl groups excluding tert-OH is 1. The molecule has 3 aliphatic rings. The minimum Gasteiger partial charge on any atom is -0.463 e. The summed E-state index contributed by atoms with van der Waals surface area (Å²) in [6.45, 7) is 26.7. The van der Waals surface area contributed by atoms with Crippen LogP contribution in [0.15, 0.2) is 12.2 Å². The van der Waals surface area contributed by atoms with Crippen molar-refractivity contribution >= 4 is 30.5 Å². The third-order valence-corrected chi connectivity index (χ3v) is 8.35. The van der Waals surface area contributed by atoms with Crippen LogP contribution in [0.3, 0.4) is 0 Å². The Kier molecular flexibility index (Phi) is 17.3. The number of aldehydes is 1. The number of likely N-dealkylation sites (tertiary alicyclic amines) is 3. The molecule has 0 unspecified atom stereocenters. The third kappa shape index (κ3) is 15.3. The summed E-state index contributed by atoms with van der Waals surface area (Å²) >= 11 is 0. The SMILES string of the molecule is CCOC(=O)/C=C/[C@@H]1[C@@H](C)CCN1C(=O)OC(C)(C)C.C[C@H]1CCN(C(=O)OC(C)(C)C)[C@@H]1C=O.C[C@H]1CCN(C(=O)OC(C)(C)C)[C@@H]1CO. The first-order valence-corrected chi connectivity index (χ1v) is 17.8. The van der Waals surface area contributed by atoms with Crippen molar-refractivity contribution in [2.24, 2.45) is 17.8 Å². The van der Waals surface area contributed by atoms with Gasteiger partial charge in [-0.05, 0) is 106 Å². The van der Waals surface area contributed by atoms with E-state index in [1.165, 1.54) is 11.0 Å². The zero-order chi connectivity index (χ0) is 38.6. The Bertz CT molecular complexity index is 1150. The highest BCUT2D eigenvalue weighted by atomic mass is 16.6. The predicted octanol–water partition coefficient (Wildman–Crippen LogP) is 6.21. The summed E-state index contributed by atoms with van der Waals surface area (Å²) in [6, 6.07) is -0.519. The van der Waals surface area contributed by atoms with Gasteiger partial charge in [-0.2, -0.15) is 0 Å². The second-order valence-corrected chi connectivity index (χ2v) is 16.3. The summed E-state index contributed by atoms with van der Waals surface area (Å²) in [7, 11) is 0. The molecule has 0 spiro atoms. The maximum absolute atomic E-state index is 12.1. The van der Waals surface area contributed by atoms with E-state index in [0.29, 0.717) is 38.1 Å². The number of amides is 3. The van der Waals surface area contributed by atoms with Crippen LogP contribution >= 0.6 is 0 Å². The first-order chi connectivity index (χ1) is 22.9. The number of hydrogen-bond donors (Lipinski definition) is 1. The van der Waals surface area contributed by atoms with Crippen molar-refractivity contribution in [2.45, 2.75) is 144 Å². The van der Waals surface area contributed by atoms with E-state index >= 15 is 0 Å². The van der Waals surface area contributed by atoms with E-state index in [2.05, 4.69) is 6.92 Å². The first-order valence-electron chi connectivity index (χ1n) is 17.8. The summed E-state index contributed by atoms with van der Waals surface area (Å²) in [5.74, 6) is 0.501. The molecule has 0 radical (unpaired) electrons. The van der Waals surface area contributed by atoms with Gasteiger partial charge in [-0.1, -0.05) is 26.8 Å². The molecule has 1 N–H and O–H groups in total. The van der Waals surface area contributed by atoms with Gasteiger partial charge < -0.3 is 38.6 Å². The maximum atomic E-state index is 12.1. The fourth-order valence-electron chi connectivity index (χ4n) is 5.71. The number of hydrogen-bond acceptors (Lipinski definition) is 10. The van der Waals surface area contributed by atoms with Crippen molar-refractivity contribution < 1.29 is 48.0 Å². The summed E-state index contributed by atoms with van der Waals surface area (Å²) in [5.41, 5.74) is -1.49. The zero-order valence-electron chi connectivity index (χ0n) is 32.8. The molecule has 3 rings (SSSR count). The van der Waals surface area contributed by atoms with Gasteiger partial charge in [0, 0.05) is 25.7 Å². The summed E-state index contributed by atoms with van der Waals surface area (Å²) in [6.07, 6.45) is 5.63. The van der Waals surface area contributed by atoms with Crippen LogP contribution in [0.1, 0.15) is 109 Å². The van der Waals surface area contributed by atoms with Gasteiger partial charge in [-0.3, -0.25) is 4.90 Å². The second-order valence-electron chi connectivity index (χ2n) is 16.3. The number of carbonyl (C=O) groups excluding carboxylic acids is 5. The molecule has 0 saturated carbocycles. The molecule has 3 heterocycles. The molecule has 0 bridgehead atoms. The van der Waals surface area contributed by atoms with Crippen molar-refractivity contribution in [3.63, 3.8) is 0 Å². The highest BCUT2D eigenvalue weighted by Gasteiger charge is 2.38. The molecule has 0 aromatic rings. The third-order valence-electron chi connectivity index (χ3n) is 8.35. The van der Waals surface area contributed by atoms with E-state index in [1.807, 2.05) is 76.2 Å². The van der Waals surface area contributed by atoms with Gasteiger partial charge in [0.2, 0.25) is 0 Å². The highest BCUT2D eigenvalue weighted by Crippen LogP contribution is 2.28. The van der Waals surface area contributed by atoms with Gasteiger partial charge in [0.25, 0.3) is 0 Å². The Morgan fingerprint density at radius 2 is 1.04 bits per heavy atom. The van der Waals surface area contributed by atoms with E-state index in [1.54, 1.807) is 22.8 Å². The Morgan fingerprint density at radius 3 is 1.44 bits per heavy atom. The molecule has 3 saturated heterocycles. The van der Waals surface area contributed by atoms with Crippen molar-refractivity contribution in [3.05, 3.63) is 12.2 Å². The topological polar surface area (TPSA) is 152 Å². The molecule has 3 fully saturated rings. The van der Waals surface area contributed by atoms with E-state index in [-0.39, 0.29) is 54.9 Å². The number of esters is 1. The number of carbonyl (C=O) groups is 5. The Balaban J connectivity index is 0.000000381. The van der Waals surface area contributed by atoms with E-state index < -0.39 is 16.8 Å². The van der Waals surface area contributed by atoms with E-state index in [0.717, 1.165) is 25.5 Å². The van der Waals surface area contributed by atoms with E-state index in [4.69, 9.17) is 18.9 Å². The predicted molar refractivity (Wildman–Crippen MR) is 190 cm³/mol. The Morgan fingerprint density at radius 1 is 0.660 bits per heavy atom. The maximum Gasteiger partial charge on any atom is 0.410 e.